The number of likely N-dealkylation sites (tertiary alicyclic amines) is 2. The van der Waals surface area contributed by atoms with Crippen LogP contribution in [0.4, 0.5) is 10.5 Å². The van der Waals surface area contributed by atoms with Crippen LogP contribution in [0.15, 0.2) is 29.3 Å². The van der Waals surface area contributed by atoms with Crippen molar-refractivity contribution >= 4 is 17.7 Å². The first-order valence-corrected chi connectivity index (χ1v) is 11.4. The lowest BCUT2D eigenvalue weighted by molar-refractivity contribution is 0.222. The largest absolute Gasteiger partial charge is 0.357 e. The maximum absolute atomic E-state index is 12.3. The number of urea groups is 1. The van der Waals surface area contributed by atoms with E-state index in [1.807, 2.05) is 23.1 Å². The maximum Gasteiger partial charge on any atom is 0.321 e. The fraction of sp³-hybridized carbons (Fsp3) is 0.652. The second-order valence-corrected chi connectivity index (χ2v) is 8.70. The third kappa shape index (κ3) is 5.03. The molecule has 3 aliphatic rings. The van der Waals surface area contributed by atoms with Gasteiger partial charge in [0.2, 0.25) is 0 Å². The standard InChI is InChI=1S/C23H35N5O/c1-2-24-22(28-16-19-9-3-4-10-20(19)17-28)25-15-18-8-7-11-21(14-18)26-23(29)27-12-5-6-13-27/h7-8,11,14,19-20H,2-6,9-10,12-13,15-17H2,1H3,(H,24,25)(H,26,29). The van der Waals surface area contributed by atoms with Gasteiger partial charge < -0.3 is 20.4 Å². The Kier molecular flexibility index (Phi) is 6.57. The number of amides is 2. The zero-order valence-corrected chi connectivity index (χ0v) is 17.7. The number of hydrogen-bond acceptors (Lipinski definition) is 2. The number of hydrogen-bond donors (Lipinski definition) is 2. The van der Waals surface area contributed by atoms with E-state index in [0.717, 1.165) is 74.6 Å². The van der Waals surface area contributed by atoms with Crippen molar-refractivity contribution in [2.45, 2.75) is 52.0 Å². The first-order valence-electron chi connectivity index (χ1n) is 11.4. The molecule has 6 heteroatoms. The van der Waals surface area contributed by atoms with E-state index < -0.39 is 0 Å². The first kappa shape index (κ1) is 20.0. The maximum atomic E-state index is 12.3. The van der Waals surface area contributed by atoms with Crippen molar-refractivity contribution in [3.05, 3.63) is 29.8 Å². The van der Waals surface area contributed by atoms with Crippen LogP contribution in [0.2, 0.25) is 0 Å². The average Bonchev–Trinajstić information content (AvgIpc) is 3.41. The number of carbonyl (C=O) groups is 1. The molecule has 3 fully saturated rings. The second kappa shape index (κ2) is 9.51. The Morgan fingerprint density at radius 2 is 1.79 bits per heavy atom. The van der Waals surface area contributed by atoms with Crippen molar-refractivity contribution in [2.24, 2.45) is 16.8 Å². The molecule has 6 nitrogen and oxygen atoms in total. The number of benzene rings is 1. The van der Waals surface area contributed by atoms with Crippen LogP contribution < -0.4 is 10.6 Å². The molecule has 2 amide bonds. The molecule has 2 heterocycles. The number of carbonyl (C=O) groups excluding carboxylic acids is 1. The summed E-state index contributed by atoms with van der Waals surface area (Å²) in [5.41, 5.74) is 1.98. The van der Waals surface area contributed by atoms with Gasteiger partial charge in [0, 0.05) is 38.4 Å². The van der Waals surface area contributed by atoms with Gasteiger partial charge in [0.25, 0.3) is 0 Å². The number of nitrogens with zero attached hydrogens (tertiary/aromatic N) is 3. The third-order valence-corrected chi connectivity index (χ3v) is 6.59. The van der Waals surface area contributed by atoms with Crippen molar-refractivity contribution in [1.29, 1.82) is 0 Å². The predicted octanol–water partition coefficient (Wildman–Crippen LogP) is 3.90. The van der Waals surface area contributed by atoms with Gasteiger partial charge in [-0.2, -0.15) is 0 Å². The highest BCUT2D eigenvalue weighted by atomic mass is 16.2. The van der Waals surface area contributed by atoms with Crippen molar-refractivity contribution in [1.82, 2.24) is 15.1 Å². The Morgan fingerprint density at radius 1 is 1.07 bits per heavy atom. The SMILES string of the molecule is CCNC(=NCc1cccc(NC(=O)N2CCCC2)c1)N1CC2CCCCC2C1. The summed E-state index contributed by atoms with van der Waals surface area (Å²) in [6.45, 7) is 7.65. The van der Waals surface area contributed by atoms with Crippen LogP contribution in [0.25, 0.3) is 0 Å². The number of rotatable bonds is 4. The van der Waals surface area contributed by atoms with Crippen molar-refractivity contribution < 1.29 is 4.79 Å². The van der Waals surface area contributed by atoms with E-state index in [1.165, 1.54) is 25.7 Å². The second-order valence-electron chi connectivity index (χ2n) is 8.70. The topological polar surface area (TPSA) is 60.0 Å². The minimum absolute atomic E-state index is 0.0103. The normalized spacial score (nSPS) is 24.5. The van der Waals surface area contributed by atoms with Gasteiger partial charge in [-0.15, -0.1) is 0 Å². The summed E-state index contributed by atoms with van der Waals surface area (Å²) in [7, 11) is 0. The van der Waals surface area contributed by atoms with E-state index in [-0.39, 0.29) is 6.03 Å². The summed E-state index contributed by atoms with van der Waals surface area (Å²) < 4.78 is 0. The molecule has 1 aliphatic carbocycles. The van der Waals surface area contributed by atoms with Gasteiger partial charge in [-0.3, -0.25) is 0 Å². The predicted molar refractivity (Wildman–Crippen MR) is 118 cm³/mol. The molecule has 0 spiro atoms. The van der Waals surface area contributed by atoms with Gasteiger partial charge in [0.15, 0.2) is 5.96 Å². The van der Waals surface area contributed by atoms with Gasteiger partial charge in [-0.05, 0) is 62.1 Å². The zero-order valence-electron chi connectivity index (χ0n) is 17.7. The minimum Gasteiger partial charge on any atom is -0.357 e. The molecule has 1 aromatic rings. The molecular weight excluding hydrogens is 362 g/mol. The molecule has 2 unspecified atom stereocenters. The average molecular weight is 398 g/mol. The van der Waals surface area contributed by atoms with Crippen LogP contribution in [-0.4, -0.2) is 54.5 Å². The van der Waals surface area contributed by atoms with Crippen molar-refractivity contribution in [3.63, 3.8) is 0 Å². The lowest BCUT2D eigenvalue weighted by Crippen LogP contribution is -2.40. The first-order chi connectivity index (χ1) is 14.2. The molecule has 0 aromatic heterocycles. The number of guanidine groups is 1. The summed E-state index contributed by atoms with van der Waals surface area (Å²) >= 11 is 0. The van der Waals surface area contributed by atoms with E-state index in [4.69, 9.17) is 4.99 Å². The summed E-state index contributed by atoms with van der Waals surface area (Å²) in [5, 5.41) is 6.53. The van der Waals surface area contributed by atoms with Crippen LogP contribution in [0.5, 0.6) is 0 Å². The number of anilines is 1. The summed E-state index contributed by atoms with van der Waals surface area (Å²) in [6.07, 6.45) is 7.73. The quantitative estimate of drug-likeness (QED) is 0.598. The Labute approximate surface area is 174 Å². The lowest BCUT2D eigenvalue weighted by atomic mass is 9.82. The third-order valence-electron chi connectivity index (χ3n) is 6.59. The Balaban J connectivity index is 1.39. The van der Waals surface area contributed by atoms with E-state index in [0.29, 0.717) is 6.54 Å². The number of aliphatic imine (C=N–C) groups is 1. The molecular formula is C23H35N5O. The summed E-state index contributed by atoms with van der Waals surface area (Å²) in [4.78, 5) is 21.6. The van der Waals surface area contributed by atoms with Crippen molar-refractivity contribution in [3.8, 4) is 0 Å². The van der Waals surface area contributed by atoms with Gasteiger partial charge >= 0.3 is 6.03 Å². The minimum atomic E-state index is 0.0103. The van der Waals surface area contributed by atoms with Gasteiger partial charge in [0.05, 0.1) is 6.54 Å². The molecule has 2 saturated heterocycles. The van der Waals surface area contributed by atoms with Crippen LogP contribution in [0.3, 0.4) is 0 Å². The summed E-state index contributed by atoms with van der Waals surface area (Å²) in [5.74, 6) is 2.72. The number of nitrogens with one attached hydrogen (secondary N) is 2. The Morgan fingerprint density at radius 3 is 2.48 bits per heavy atom. The molecule has 2 aliphatic heterocycles. The molecule has 1 saturated carbocycles. The van der Waals surface area contributed by atoms with Gasteiger partial charge in [-0.25, -0.2) is 9.79 Å². The molecule has 4 rings (SSSR count). The van der Waals surface area contributed by atoms with Gasteiger partial charge in [-0.1, -0.05) is 25.0 Å². The Bertz CT molecular complexity index is 714. The monoisotopic (exact) mass is 397 g/mol. The molecule has 0 bridgehead atoms. The molecule has 1 aromatic carbocycles. The smallest absolute Gasteiger partial charge is 0.321 e. The fourth-order valence-corrected chi connectivity index (χ4v) is 5.04. The molecule has 2 N–H and O–H groups in total. The van der Waals surface area contributed by atoms with E-state index >= 15 is 0 Å². The molecule has 0 radical (unpaired) electrons. The highest BCUT2D eigenvalue weighted by molar-refractivity contribution is 5.89. The van der Waals surface area contributed by atoms with E-state index in [2.05, 4.69) is 28.5 Å². The van der Waals surface area contributed by atoms with Crippen LogP contribution in [0.1, 0.15) is 51.0 Å². The lowest BCUT2D eigenvalue weighted by Gasteiger charge is -2.22. The van der Waals surface area contributed by atoms with Gasteiger partial charge in [0.1, 0.15) is 0 Å². The molecule has 158 valence electrons. The van der Waals surface area contributed by atoms with E-state index in [9.17, 15) is 4.79 Å². The summed E-state index contributed by atoms with van der Waals surface area (Å²) in [6, 6.07) is 8.10. The highest BCUT2D eigenvalue weighted by Gasteiger charge is 2.35. The fourth-order valence-electron chi connectivity index (χ4n) is 5.04. The number of fused-ring (bicyclic) bond motifs is 1. The van der Waals surface area contributed by atoms with E-state index in [1.54, 1.807) is 0 Å². The van der Waals surface area contributed by atoms with Crippen LogP contribution in [-0.2, 0) is 6.54 Å². The molecule has 2 atom stereocenters. The Hall–Kier alpha value is -2.24. The zero-order chi connectivity index (χ0) is 20.1. The van der Waals surface area contributed by atoms with Crippen molar-refractivity contribution in [2.75, 3.05) is 38.0 Å². The molecule has 29 heavy (non-hydrogen) atoms. The van der Waals surface area contributed by atoms with Crippen LogP contribution in [0, 0.1) is 11.8 Å². The van der Waals surface area contributed by atoms with Crippen LogP contribution >= 0.6 is 0 Å². The highest BCUT2D eigenvalue weighted by Crippen LogP contribution is 2.36.